The molecule has 132 valence electrons. The zero-order valence-electron chi connectivity index (χ0n) is 14.6. The first-order valence-corrected chi connectivity index (χ1v) is 8.71. The van der Waals surface area contributed by atoms with Crippen molar-refractivity contribution in [3.05, 3.63) is 29.8 Å². The van der Waals surface area contributed by atoms with Gasteiger partial charge in [-0.2, -0.15) is 0 Å². The molecule has 2 unspecified atom stereocenters. The Kier molecular flexibility index (Phi) is 5.26. The molecule has 2 N–H and O–H groups in total. The summed E-state index contributed by atoms with van der Waals surface area (Å²) < 4.78 is 5.53. The van der Waals surface area contributed by atoms with Crippen LogP contribution in [-0.4, -0.2) is 68.8 Å². The zero-order valence-corrected chi connectivity index (χ0v) is 14.6. The fourth-order valence-electron chi connectivity index (χ4n) is 3.72. The van der Waals surface area contributed by atoms with Crippen molar-refractivity contribution in [2.45, 2.75) is 25.0 Å². The summed E-state index contributed by atoms with van der Waals surface area (Å²) in [6.45, 7) is 4.87. The van der Waals surface area contributed by atoms with Crippen LogP contribution in [0.15, 0.2) is 24.3 Å². The molecule has 3 rings (SSSR count). The monoisotopic (exact) mass is 332 g/mol. The molecule has 6 heteroatoms. The van der Waals surface area contributed by atoms with Gasteiger partial charge in [-0.25, -0.2) is 4.79 Å². The number of benzene rings is 1. The number of ether oxygens (including phenoxy) is 1. The molecular weight excluding hydrogens is 304 g/mol. The minimum absolute atomic E-state index is 0.00591. The smallest absolute Gasteiger partial charge is 0.315 e. The van der Waals surface area contributed by atoms with Crippen LogP contribution in [0, 0.1) is 0 Å². The van der Waals surface area contributed by atoms with E-state index < -0.39 is 0 Å². The van der Waals surface area contributed by atoms with Crippen molar-refractivity contribution in [1.82, 2.24) is 9.80 Å². The summed E-state index contributed by atoms with van der Waals surface area (Å²) in [6.07, 6.45) is 1.82. The van der Waals surface area contributed by atoms with E-state index in [2.05, 4.69) is 41.1 Å². The van der Waals surface area contributed by atoms with Crippen molar-refractivity contribution < 1.29 is 9.53 Å². The first-order valence-electron chi connectivity index (χ1n) is 8.71. The van der Waals surface area contributed by atoms with Gasteiger partial charge in [-0.3, -0.25) is 0 Å². The van der Waals surface area contributed by atoms with Gasteiger partial charge in [0.2, 0.25) is 0 Å². The molecule has 2 amide bonds. The van der Waals surface area contributed by atoms with Crippen LogP contribution in [0.25, 0.3) is 0 Å². The summed E-state index contributed by atoms with van der Waals surface area (Å²) in [5.41, 5.74) is 7.98. The van der Waals surface area contributed by atoms with Gasteiger partial charge >= 0.3 is 6.03 Å². The largest absolute Gasteiger partial charge is 0.381 e. The average Bonchev–Trinajstić information content (AvgIpc) is 2.62. The molecule has 2 saturated heterocycles. The number of nitrogens with zero attached hydrogens (tertiary/aromatic N) is 3. The molecular formula is C18H28N4O2. The van der Waals surface area contributed by atoms with Crippen LogP contribution < -0.4 is 10.6 Å². The maximum atomic E-state index is 11.8. The molecule has 2 fully saturated rings. The number of piperidine rings is 1. The summed E-state index contributed by atoms with van der Waals surface area (Å²) in [4.78, 5) is 18.4. The molecule has 24 heavy (non-hydrogen) atoms. The van der Waals surface area contributed by atoms with E-state index in [0.717, 1.165) is 44.6 Å². The lowest BCUT2D eigenvalue weighted by atomic mass is 9.93. The molecule has 1 aromatic rings. The van der Waals surface area contributed by atoms with Crippen LogP contribution in [0.3, 0.4) is 0 Å². The van der Waals surface area contributed by atoms with E-state index in [1.54, 1.807) is 12.0 Å². The number of likely N-dealkylation sites (N-methyl/N-ethyl adjacent to an activating group) is 1. The van der Waals surface area contributed by atoms with Gasteiger partial charge in [-0.15, -0.1) is 0 Å². The molecule has 2 atom stereocenters. The van der Waals surface area contributed by atoms with Crippen LogP contribution in [0.1, 0.15) is 24.4 Å². The normalized spacial score (nSPS) is 25.8. The first kappa shape index (κ1) is 17.0. The molecule has 0 radical (unpaired) electrons. The predicted octanol–water partition coefficient (Wildman–Crippen LogP) is 1.67. The number of piperazine rings is 1. The van der Waals surface area contributed by atoms with Crippen molar-refractivity contribution in [3.8, 4) is 0 Å². The number of carbonyl (C=O) groups is 1. The maximum Gasteiger partial charge on any atom is 0.315 e. The van der Waals surface area contributed by atoms with Gasteiger partial charge < -0.3 is 25.2 Å². The summed E-state index contributed by atoms with van der Waals surface area (Å²) in [5, 5.41) is 0. The minimum Gasteiger partial charge on any atom is -0.381 e. The number of hydrogen-bond donors (Lipinski definition) is 1. The summed E-state index contributed by atoms with van der Waals surface area (Å²) in [5.74, 6) is 0. The summed E-state index contributed by atoms with van der Waals surface area (Å²) in [7, 11) is 3.90. The number of methoxy groups -OCH3 is 1. The molecule has 0 spiro atoms. The number of carbonyl (C=O) groups excluding carboxylic acids is 1. The molecule has 1 aromatic carbocycles. The number of amides is 2. The number of rotatable bonds is 3. The Morgan fingerprint density at radius 3 is 2.62 bits per heavy atom. The number of primary amides is 1. The standard InChI is InChI=1S/C18H28N4O2/c1-20-8-10-21(11-9-20)15-5-3-4-14(12-15)17-13-16(24-2)6-7-22(17)18(19)23/h3-5,12,16-17H,6-11,13H2,1-2H3,(H2,19,23). The third-order valence-electron chi connectivity index (χ3n) is 5.29. The fourth-order valence-corrected chi connectivity index (χ4v) is 3.72. The maximum absolute atomic E-state index is 11.8. The Balaban J connectivity index is 1.81. The molecule has 0 aliphatic carbocycles. The Morgan fingerprint density at radius 2 is 1.96 bits per heavy atom. The van der Waals surface area contributed by atoms with E-state index >= 15 is 0 Å². The van der Waals surface area contributed by atoms with Crippen LogP contribution in [0.2, 0.25) is 0 Å². The van der Waals surface area contributed by atoms with Gasteiger partial charge in [0, 0.05) is 45.5 Å². The third-order valence-corrected chi connectivity index (χ3v) is 5.29. The first-order chi connectivity index (χ1) is 11.6. The van der Waals surface area contributed by atoms with Gasteiger partial charge in [0.1, 0.15) is 0 Å². The van der Waals surface area contributed by atoms with E-state index in [9.17, 15) is 4.79 Å². The predicted molar refractivity (Wildman–Crippen MR) is 95.2 cm³/mol. The number of anilines is 1. The highest BCUT2D eigenvalue weighted by Gasteiger charge is 2.32. The highest BCUT2D eigenvalue weighted by atomic mass is 16.5. The lowest BCUT2D eigenvalue weighted by molar-refractivity contribution is 0.0259. The van der Waals surface area contributed by atoms with Crippen molar-refractivity contribution in [2.24, 2.45) is 5.73 Å². The van der Waals surface area contributed by atoms with Crippen molar-refractivity contribution in [3.63, 3.8) is 0 Å². The second-order valence-corrected chi connectivity index (χ2v) is 6.81. The lowest BCUT2D eigenvalue weighted by Gasteiger charge is -2.39. The van der Waals surface area contributed by atoms with Gasteiger partial charge in [-0.05, 0) is 37.6 Å². The Morgan fingerprint density at radius 1 is 1.21 bits per heavy atom. The number of nitrogens with two attached hydrogens (primary N) is 1. The fraction of sp³-hybridized carbons (Fsp3) is 0.611. The summed E-state index contributed by atoms with van der Waals surface area (Å²) in [6, 6.07) is 8.19. The SMILES string of the molecule is COC1CCN(C(N)=O)C(c2cccc(N3CCN(C)CC3)c2)C1. The second-order valence-electron chi connectivity index (χ2n) is 6.81. The highest BCUT2D eigenvalue weighted by molar-refractivity contribution is 5.73. The van der Waals surface area contributed by atoms with E-state index in [-0.39, 0.29) is 18.2 Å². The van der Waals surface area contributed by atoms with E-state index in [1.165, 1.54) is 5.69 Å². The van der Waals surface area contributed by atoms with Gasteiger partial charge in [-0.1, -0.05) is 12.1 Å². The molecule has 0 bridgehead atoms. The van der Waals surface area contributed by atoms with Crippen molar-refractivity contribution >= 4 is 11.7 Å². The van der Waals surface area contributed by atoms with Gasteiger partial charge in [0.05, 0.1) is 12.1 Å². The molecule has 2 heterocycles. The van der Waals surface area contributed by atoms with E-state index in [0.29, 0.717) is 6.54 Å². The average molecular weight is 332 g/mol. The Labute approximate surface area is 144 Å². The van der Waals surface area contributed by atoms with Crippen molar-refractivity contribution in [2.75, 3.05) is 51.8 Å². The van der Waals surface area contributed by atoms with Crippen LogP contribution in [0.5, 0.6) is 0 Å². The van der Waals surface area contributed by atoms with Gasteiger partial charge in [0.15, 0.2) is 0 Å². The van der Waals surface area contributed by atoms with E-state index in [1.807, 2.05) is 0 Å². The van der Waals surface area contributed by atoms with Crippen molar-refractivity contribution in [1.29, 1.82) is 0 Å². The summed E-state index contributed by atoms with van der Waals surface area (Å²) >= 11 is 0. The minimum atomic E-state index is -0.348. The second kappa shape index (κ2) is 7.40. The Bertz CT molecular complexity index is 572. The number of likely N-dealkylation sites (tertiary alicyclic amines) is 1. The Hall–Kier alpha value is -1.79. The van der Waals surface area contributed by atoms with Gasteiger partial charge in [0.25, 0.3) is 0 Å². The quantitative estimate of drug-likeness (QED) is 0.915. The van der Waals surface area contributed by atoms with Crippen LogP contribution in [-0.2, 0) is 4.74 Å². The molecule has 2 aliphatic heterocycles. The zero-order chi connectivity index (χ0) is 17.1. The number of hydrogen-bond acceptors (Lipinski definition) is 4. The molecule has 0 aromatic heterocycles. The van der Waals surface area contributed by atoms with Crippen LogP contribution in [0.4, 0.5) is 10.5 Å². The van der Waals surface area contributed by atoms with Crippen LogP contribution >= 0.6 is 0 Å². The van der Waals surface area contributed by atoms with E-state index in [4.69, 9.17) is 10.5 Å². The molecule has 0 saturated carbocycles. The topological polar surface area (TPSA) is 62.0 Å². The highest BCUT2D eigenvalue weighted by Crippen LogP contribution is 2.33. The molecule has 2 aliphatic rings. The molecule has 6 nitrogen and oxygen atoms in total. The third kappa shape index (κ3) is 3.65. The lowest BCUT2D eigenvalue weighted by Crippen LogP contribution is -2.46. The number of urea groups is 1.